The Bertz CT molecular complexity index is 213. The minimum absolute atomic E-state index is 0.621. The van der Waals surface area contributed by atoms with E-state index in [1.807, 2.05) is 6.21 Å². The summed E-state index contributed by atoms with van der Waals surface area (Å²) < 4.78 is 0. The quantitative estimate of drug-likeness (QED) is 0.402. The zero-order valence-corrected chi connectivity index (χ0v) is 10.5. The van der Waals surface area contributed by atoms with Gasteiger partial charge in [-0.05, 0) is 24.8 Å². The molecule has 0 saturated carbocycles. The van der Waals surface area contributed by atoms with Gasteiger partial charge in [0.2, 0.25) is 0 Å². The van der Waals surface area contributed by atoms with Crippen molar-refractivity contribution in [2.45, 2.75) is 52.9 Å². The molecule has 0 amide bonds. The molecule has 0 aliphatic carbocycles. The Morgan fingerprint density at radius 3 is 2.60 bits per heavy atom. The van der Waals surface area contributed by atoms with Crippen molar-refractivity contribution in [2.75, 3.05) is 0 Å². The first-order valence-electron chi connectivity index (χ1n) is 6.06. The molecule has 0 aromatic carbocycles. The molecular weight excluding hydrogens is 182 g/mol. The summed E-state index contributed by atoms with van der Waals surface area (Å²) in [6.45, 7) is 10.2. The Morgan fingerprint density at radius 1 is 1.33 bits per heavy atom. The van der Waals surface area contributed by atoms with Crippen LogP contribution >= 0.6 is 0 Å². The van der Waals surface area contributed by atoms with Crippen molar-refractivity contribution < 1.29 is 0 Å². The zero-order chi connectivity index (χ0) is 11.5. The van der Waals surface area contributed by atoms with Gasteiger partial charge in [0.05, 0.1) is 0 Å². The molecule has 0 aliphatic heterocycles. The highest BCUT2D eigenvalue weighted by Crippen LogP contribution is 2.17. The highest BCUT2D eigenvalue weighted by atomic mass is 14.7. The van der Waals surface area contributed by atoms with Crippen molar-refractivity contribution in [3.05, 3.63) is 24.4 Å². The fourth-order valence-corrected chi connectivity index (χ4v) is 1.67. The van der Waals surface area contributed by atoms with Crippen LogP contribution in [-0.4, -0.2) is 6.21 Å². The lowest BCUT2D eigenvalue weighted by Crippen LogP contribution is -2.00. The molecule has 0 aromatic rings. The molecule has 1 unspecified atom stereocenters. The third-order valence-electron chi connectivity index (χ3n) is 2.72. The maximum Gasteiger partial charge on any atom is 0.0299 e. The van der Waals surface area contributed by atoms with Gasteiger partial charge in [-0.2, -0.15) is 0 Å². The van der Waals surface area contributed by atoms with E-state index in [4.69, 9.17) is 0 Å². The van der Waals surface area contributed by atoms with Crippen molar-refractivity contribution in [1.82, 2.24) is 0 Å². The highest BCUT2D eigenvalue weighted by Gasteiger charge is 2.04. The van der Waals surface area contributed by atoms with Gasteiger partial charge in [0.1, 0.15) is 0 Å². The molecule has 0 aromatic heterocycles. The molecule has 15 heavy (non-hydrogen) atoms. The van der Waals surface area contributed by atoms with E-state index < -0.39 is 0 Å². The Morgan fingerprint density at radius 2 is 2.07 bits per heavy atom. The van der Waals surface area contributed by atoms with Crippen molar-refractivity contribution >= 4 is 6.21 Å². The second kappa shape index (κ2) is 9.70. The van der Waals surface area contributed by atoms with Crippen LogP contribution in [0.15, 0.2) is 29.4 Å². The van der Waals surface area contributed by atoms with Gasteiger partial charge in [-0.3, -0.25) is 4.99 Å². The molecule has 0 aliphatic rings. The molecule has 0 heterocycles. The van der Waals surface area contributed by atoms with Crippen LogP contribution in [0, 0.1) is 5.92 Å². The van der Waals surface area contributed by atoms with Crippen LogP contribution in [0.1, 0.15) is 52.9 Å². The minimum Gasteiger partial charge on any atom is -0.265 e. The van der Waals surface area contributed by atoms with E-state index in [9.17, 15) is 0 Å². The third kappa shape index (κ3) is 7.12. The lowest BCUT2D eigenvalue weighted by Gasteiger charge is -2.11. The van der Waals surface area contributed by atoms with Crippen LogP contribution in [0.3, 0.4) is 0 Å². The van der Waals surface area contributed by atoms with Crippen molar-refractivity contribution in [3.63, 3.8) is 0 Å². The number of rotatable bonds is 8. The Hall–Kier alpha value is -0.850. The molecule has 0 fully saturated rings. The lowest BCUT2D eigenvalue weighted by molar-refractivity contribution is 0.553. The summed E-state index contributed by atoms with van der Waals surface area (Å²) >= 11 is 0. The van der Waals surface area contributed by atoms with E-state index in [2.05, 4.69) is 38.4 Å². The van der Waals surface area contributed by atoms with Crippen molar-refractivity contribution in [2.24, 2.45) is 10.9 Å². The van der Waals surface area contributed by atoms with E-state index in [1.54, 1.807) is 6.20 Å². The zero-order valence-electron chi connectivity index (χ0n) is 10.5. The number of aliphatic imine (C=N–C) groups is 1. The van der Waals surface area contributed by atoms with E-state index >= 15 is 0 Å². The first-order valence-corrected chi connectivity index (χ1v) is 6.06. The Labute approximate surface area is 95.0 Å². The molecule has 0 radical (unpaired) electrons. The largest absolute Gasteiger partial charge is 0.265 e. The normalized spacial score (nSPS) is 14.5. The summed E-state index contributed by atoms with van der Waals surface area (Å²) in [5.74, 6) is 0.621. The van der Waals surface area contributed by atoms with E-state index in [1.165, 1.54) is 37.7 Å². The monoisotopic (exact) mass is 207 g/mol. The third-order valence-corrected chi connectivity index (χ3v) is 2.72. The topological polar surface area (TPSA) is 12.4 Å². The van der Waals surface area contributed by atoms with Crippen LogP contribution < -0.4 is 0 Å². The molecule has 1 nitrogen and oxygen atoms in total. The van der Waals surface area contributed by atoms with Crippen LogP contribution in [0.25, 0.3) is 0 Å². The van der Waals surface area contributed by atoms with Crippen LogP contribution in [0.2, 0.25) is 0 Å². The number of allylic oxidation sites excluding steroid dienone is 2. The SMILES string of the molecule is C=C/N=C\C(=C/C)C(C)CCCCCC. The predicted molar refractivity (Wildman–Crippen MR) is 70.4 cm³/mol. The number of hydrogen-bond acceptors (Lipinski definition) is 1. The number of hydrogen-bond donors (Lipinski definition) is 0. The van der Waals surface area contributed by atoms with Crippen LogP contribution in [0.5, 0.6) is 0 Å². The van der Waals surface area contributed by atoms with Crippen molar-refractivity contribution in [1.29, 1.82) is 0 Å². The molecule has 0 spiro atoms. The molecule has 0 N–H and O–H groups in total. The molecule has 0 bridgehead atoms. The summed E-state index contributed by atoms with van der Waals surface area (Å²) in [5.41, 5.74) is 1.33. The van der Waals surface area contributed by atoms with Gasteiger partial charge >= 0.3 is 0 Å². The van der Waals surface area contributed by atoms with E-state index in [-0.39, 0.29) is 0 Å². The standard InChI is InChI=1S/C14H25N/c1-5-8-9-10-11-13(4)14(6-2)12-15-7-3/h6-7,12-13H,3,5,8-11H2,1-2,4H3/b14-6+,15-12-. The predicted octanol–water partition coefficient (Wildman–Crippen LogP) is 4.75. The summed E-state index contributed by atoms with van der Waals surface area (Å²) in [7, 11) is 0. The van der Waals surface area contributed by atoms with Gasteiger partial charge in [-0.25, -0.2) is 0 Å². The Kier molecular flexibility index (Phi) is 9.15. The highest BCUT2D eigenvalue weighted by molar-refractivity contribution is 5.79. The van der Waals surface area contributed by atoms with Gasteiger partial charge in [-0.1, -0.05) is 52.2 Å². The average Bonchev–Trinajstić information content (AvgIpc) is 2.25. The van der Waals surface area contributed by atoms with Gasteiger partial charge in [0.25, 0.3) is 0 Å². The second-order valence-corrected chi connectivity index (χ2v) is 4.00. The molecule has 0 saturated heterocycles. The first-order chi connectivity index (χ1) is 7.26. The number of unbranched alkanes of at least 4 members (excludes halogenated alkanes) is 3. The molecule has 1 heteroatoms. The summed E-state index contributed by atoms with van der Waals surface area (Å²) in [5, 5.41) is 0. The summed E-state index contributed by atoms with van der Waals surface area (Å²) in [6, 6.07) is 0. The smallest absolute Gasteiger partial charge is 0.0299 e. The van der Waals surface area contributed by atoms with E-state index in [0.29, 0.717) is 5.92 Å². The van der Waals surface area contributed by atoms with Gasteiger partial charge in [-0.15, -0.1) is 0 Å². The average molecular weight is 207 g/mol. The molecule has 1 atom stereocenters. The fraction of sp³-hybridized carbons (Fsp3) is 0.643. The minimum atomic E-state index is 0.621. The van der Waals surface area contributed by atoms with Gasteiger partial charge < -0.3 is 0 Å². The van der Waals surface area contributed by atoms with Gasteiger partial charge in [0.15, 0.2) is 0 Å². The lowest BCUT2D eigenvalue weighted by atomic mass is 9.95. The van der Waals surface area contributed by atoms with Crippen LogP contribution in [0.4, 0.5) is 0 Å². The number of nitrogens with zero attached hydrogens (tertiary/aromatic N) is 1. The van der Waals surface area contributed by atoms with E-state index in [0.717, 1.165) is 0 Å². The maximum atomic E-state index is 4.08. The van der Waals surface area contributed by atoms with Crippen LogP contribution in [-0.2, 0) is 0 Å². The molecular formula is C14H25N. The summed E-state index contributed by atoms with van der Waals surface area (Å²) in [4.78, 5) is 4.08. The first kappa shape index (κ1) is 14.2. The maximum absolute atomic E-state index is 4.08. The fourth-order valence-electron chi connectivity index (χ4n) is 1.67. The van der Waals surface area contributed by atoms with Gasteiger partial charge in [0, 0.05) is 12.4 Å². The molecule has 0 rings (SSSR count). The molecule has 86 valence electrons. The Balaban J connectivity index is 3.89. The van der Waals surface area contributed by atoms with Crippen molar-refractivity contribution in [3.8, 4) is 0 Å². The summed E-state index contributed by atoms with van der Waals surface area (Å²) in [6.07, 6.45) is 12.3. The second-order valence-electron chi connectivity index (χ2n) is 4.00.